The van der Waals surface area contributed by atoms with Gasteiger partial charge in [-0.2, -0.15) is 13.2 Å². The number of benzene rings is 1. The van der Waals surface area contributed by atoms with Crippen LogP contribution in [0.2, 0.25) is 0 Å². The Kier molecular flexibility index (Phi) is 5.34. The van der Waals surface area contributed by atoms with E-state index in [-0.39, 0.29) is 23.9 Å². The number of hydrogen-bond acceptors (Lipinski definition) is 4. The maximum atomic E-state index is 12.2. The normalized spacial score (nSPS) is 11.4. The highest BCUT2D eigenvalue weighted by Crippen LogP contribution is 2.19. The van der Waals surface area contributed by atoms with Crippen molar-refractivity contribution in [3.05, 3.63) is 59.9 Å². The number of hydrogen-bond donors (Lipinski definition) is 1. The second-order valence-electron chi connectivity index (χ2n) is 6.07. The molecule has 3 aromatic rings. The van der Waals surface area contributed by atoms with E-state index in [4.69, 9.17) is 0 Å². The van der Waals surface area contributed by atoms with Crippen molar-refractivity contribution >= 4 is 22.7 Å². The monoisotopic (exact) mass is 391 g/mol. The molecule has 0 saturated carbocycles. The second-order valence-corrected chi connectivity index (χ2v) is 6.07. The van der Waals surface area contributed by atoms with E-state index in [2.05, 4.69) is 15.0 Å². The van der Waals surface area contributed by atoms with E-state index in [1.165, 1.54) is 23.6 Å². The lowest BCUT2D eigenvalue weighted by atomic mass is 10.1. The molecule has 0 fully saturated rings. The first kappa shape index (κ1) is 19.4. The number of amides is 1. The Bertz CT molecular complexity index is 1010. The fourth-order valence-corrected chi connectivity index (χ4v) is 2.62. The fourth-order valence-electron chi connectivity index (χ4n) is 2.62. The quantitative estimate of drug-likeness (QED) is 0.722. The van der Waals surface area contributed by atoms with Gasteiger partial charge in [0, 0.05) is 37.3 Å². The molecule has 2 aromatic heterocycles. The summed E-state index contributed by atoms with van der Waals surface area (Å²) >= 11 is 0. The molecule has 146 valence electrons. The van der Waals surface area contributed by atoms with Crippen molar-refractivity contribution in [2.45, 2.75) is 19.6 Å². The summed E-state index contributed by atoms with van der Waals surface area (Å²) in [5, 5.41) is 3.58. The van der Waals surface area contributed by atoms with E-state index in [0.717, 1.165) is 22.7 Å². The molecule has 6 nitrogen and oxygen atoms in total. The molecule has 1 N–H and O–H groups in total. The van der Waals surface area contributed by atoms with Crippen LogP contribution in [-0.2, 0) is 6.54 Å². The standard InChI is InChI=1S/C19H16F3N3O3/c1-12(26)25-7-6-14-8-13(2-4-16(14)25)9-24-18(27)15-3-5-17(23-10-15)28-11-19(20,21)22/h2-8,10H,9,11H2,1H3,(H,24,27). The zero-order valence-corrected chi connectivity index (χ0v) is 14.8. The van der Waals surface area contributed by atoms with Gasteiger partial charge in [-0.1, -0.05) is 6.07 Å². The molecule has 0 spiro atoms. The molecule has 0 bridgehead atoms. The lowest BCUT2D eigenvalue weighted by molar-refractivity contribution is -0.154. The predicted octanol–water partition coefficient (Wildman–Crippen LogP) is 3.57. The predicted molar refractivity (Wildman–Crippen MR) is 95.2 cm³/mol. The summed E-state index contributed by atoms with van der Waals surface area (Å²) in [6.45, 7) is 0.271. The summed E-state index contributed by atoms with van der Waals surface area (Å²) in [5.74, 6) is -0.725. The van der Waals surface area contributed by atoms with Crippen molar-refractivity contribution in [2.24, 2.45) is 0 Å². The van der Waals surface area contributed by atoms with Gasteiger partial charge < -0.3 is 10.1 Å². The van der Waals surface area contributed by atoms with Crippen molar-refractivity contribution in [1.82, 2.24) is 14.9 Å². The van der Waals surface area contributed by atoms with Crippen LogP contribution in [0.5, 0.6) is 5.88 Å². The molecular weight excluding hydrogens is 375 g/mol. The summed E-state index contributed by atoms with van der Waals surface area (Å²) in [7, 11) is 0. The maximum Gasteiger partial charge on any atom is 0.422 e. The van der Waals surface area contributed by atoms with Gasteiger partial charge in [0.15, 0.2) is 6.61 Å². The molecular formula is C19H16F3N3O3. The van der Waals surface area contributed by atoms with Gasteiger partial charge in [-0.25, -0.2) is 4.98 Å². The van der Waals surface area contributed by atoms with Gasteiger partial charge in [-0.15, -0.1) is 0 Å². The zero-order valence-electron chi connectivity index (χ0n) is 14.8. The Morgan fingerprint density at radius 1 is 1.18 bits per heavy atom. The first-order valence-electron chi connectivity index (χ1n) is 8.28. The highest BCUT2D eigenvalue weighted by Gasteiger charge is 2.28. The molecule has 3 rings (SSSR count). The number of nitrogens with zero attached hydrogens (tertiary/aromatic N) is 2. The number of halogens is 3. The number of carbonyl (C=O) groups is 2. The van der Waals surface area contributed by atoms with Crippen LogP contribution in [0.4, 0.5) is 13.2 Å². The van der Waals surface area contributed by atoms with E-state index in [0.29, 0.717) is 0 Å². The molecule has 28 heavy (non-hydrogen) atoms. The second kappa shape index (κ2) is 7.71. The zero-order chi connectivity index (χ0) is 20.3. The highest BCUT2D eigenvalue weighted by atomic mass is 19.4. The largest absolute Gasteiger partial charge is 0.468 e. The van der Waals surface area contributed by atoms with Crippen molar-refractivity contribution in [3.63, 3.8) is 0 Å². The first-order valence-corrected chi connectivity index (χ1v) is 8.28. The number of nitrogens with one attached hydrogen (secondary N) is 1. The number of aromatic nitrogens is 2. The smallest absolute Gasteiger partial charge is 0.422 e. The molecule has 1 aromatic carbocycles. The summed E-state index contributed by atoms with van der Waals surface area (Å²) in [4.78, 5) is 27.4. The summed E-state index contributed by atoms with van der Waals surface area (Å²) < 4.78 is 42.4. The van der Waals surface area contributed by atoms with Gasteiger partial charge in [0.25, 0.3) is 5.91 Å². The minimum Gasteiger partial charge on any atom is -0.468 e. The SMILES string of the molecule is CC(=O)n1ccc2cc(CNC(=O)c3ccc(OCC(F)(F)F)nc3)ccc21. The topological polar surface area (TPSA) is 73.2 Å². The number of ether oxygens (including phenoxy) is 1. The van der Waals surface area contributed by atoms with Gasteiger partial charge in [-0.05, 0) is 29.8 Å². The molecule has 0 aliphatic heterocycles. The molecule has 0 unspecified atom stereocenters. The van der Waals surface area contributed by atoms with E-state index in [1.807, 2.05) is 12.1 Å². The van der Waals surface area contributed by atoms with Crippen LogP contribution in [0, 0.1) is 0 Å². The molecule has 0 radical (unpaired) electrons. The molecule has 0 atom stereocenters. The molecule has 2 heterocycles. The lowest BCUT2D eigenvalue weighted by Gasteiger charge is -2.09. The average Bonchev–Trinajstić information content (AvgIpc) is 3.08. The van der Waals surface area contributed by atoms with Gasteiger partial charge >= 0.3 is 6.18 Å². The molecule has 9 heteroatoms. The van der Waals surface area contributed by atoms with Crippen LogP contribution in [0.1, 0.15) is 27.6 Å². The Hall–Kier alpha value is -3.36. The number of pyridine rings is 1. The highest BCUT2D eigenvalue weighted by molar-refractivity contribution is 5.94. The molecule has 1 amide bonds. The third-order valence-electron chi connectivity index (χ3n) is 3.93. The number of carbonyl (C=O) groups excluding carboxylic acids is 2. The number of fused-ring (bicyclic) bond motifs is 1. The first-order chi connectivity index (χ1) is 13.2. The Labute approximate surface area is 157 Å². The van der Waals surface area contributed by atoms with Crippen molar-refractivity contribution in [3.8, 4) is 5.88 Å². The van der Waals surface area contributed by atoms with E-state index in [1.54, 1.807) is 18.3 Å². The van der Waals surface area contributed by atoms with Gasteiger partial charge in [-0.3, -0.25) is 14.2 Å². The Morgan fingerprint density at radius 3 is 2.61 bits per heavy atom. The van der Waals surface area contributed by atoms with Gasteiger partial charge in [0.2, 0.25) is 11.8 Å². The average molecular weight is 391 g/mol. The van der Waals surface area contributed by atoms with Crippen LogP contribution in [-0.4, -0.2) is 34.1 Å². The van der Waals surface area contributed by atoms with Crippen molar-refractivity contribution in [2.75, 3.05) is 6.61 Å². The maximum absolute atomic E-state index is 12.2. The van der Waals surface area contributed by atoms with Crippen LogP contribution in [0.15, 0.2) is 48.8 Å². The van der Waals surface area contributed by atoms with Gasteiger partial charge in [0.05, 0.1) is 11.1 Å². The minimum absolute atomic E-state index is 0.0915. The van der Waals surface area contributed by atoms with Crippen LogP contribution in [0.3, 0.4) is 0 Å². The minimum atomic E-state index is -4.45. The van der Waals surface area contributed by atoms with E-state index >= 15 is 0 Å². The molecule has 0 aliphatic carbocycles. The fraction of sp³-hybridized carbons (Fsp3) is 0.211. The van der Waals surface area contributed by atoms with E-state index < -0.39 is 18.7 Å². The summed E-state index contributed by atoms with van der Waals surface area (Å²) in [6.07, 6.45) is -1.62. The third kappa shape index (κ3) is 4.67. The van der Waals surface area contributed by atoms with Crippen molar-refractivity contribution in [1.29, 1.82) is 0 Å². The number of rotatable bonds is 5. The molecule has 0 aliphatic rings. The van der Waals surface area contributed by atoms with Gasteiger partial charge in [0.1, 0.15) is 0 Å². The van der Waals surface area contributed by atoms with Crippen molar-refractivity contribution < 1.29 is 27.5 Å². The summed E-state index contributed by atoms with van der Waals surface area (Å²) in [5.41, 5.74) is 1.81. The van der Waals surface area contributed by atoms with Crippen LogP contribution >= 0.6 is 0 Å². The Morgan fingerprint density at radius 2 is 1.96 bits per heavy atom. The van der Waals surface area contributed by atoms with Crippen LogP contribution in [0.25, 0.3) is 10.9 Å². The summed E-state index contributed by atoms with van der Waals surface area (Å²) in [6, 6.07) is 9.81. The van der Waals surface area contributed by atoms with Crippen LogP contribution < -0.4 is 10.1 Å². The lowest BCUT2D eigenvalue weighted by Crippen LogP contribution is -2.23. The number of alkyl halides is 3. The molecule has 0 saturated heterocycles. The Balaban J connectivity index is 1.60. The third-order valence-corrected chi connectivity index (χ3v) is 3.93. The van der Waals surface area contributed by atoms with E-state index in [9.17, 15) is 22.8 Å².